The molecule has 4 nitrogen and oxygen atoms in total. The van der Waals surface area contributed by atoms with Crippen molar-refractivity contribution in [2.24, 2.45) is 5.92 Å². The summed E-state index contributed by atoms with van der Waals surface area (Å²) in [7, 11) is 0. The number of carbonyl (C=O) groups is 2. The van der Waals surface area contributed by atoms with Crippen molar-refractivity contribution in [3.8, 4) is 0 Å². The first-order chi connectivity index (χ1) is 19.1. The van der Waals surface area contributed by atoms with Crippen LogP contribution in [0.15, 0.2) is 24.3 Å². The van der Waals surface area contributed by atoms with Crippen LogP contribution in [-0.4, -0.2) is 29.8 Å². The molecule has 0 radical (unpaired) electrons. The summed E-state index contributed by atoms with van der Waals surface area (Å²) in [5.74, 6) is 0.889. The van der Waals surface area contributed by atoms with Gasteiger partial charge in [0.2, 0.25) is 5.91 Å². The Hall–Kier alpha value is -1.84. The van der Waals surface area contributed by atoms with Gasteiger partial charge < -0.3 is 10.2 Å². The third-order valence-electron chi connectivity index (χ3n) is 8.49. The molecule has 1 aromatic carbocycles. The predicted molar refractivity (Wildman–Crippen MR) is 167 cm³/mol. The lowest BCUT2D eigenvalue weighted by atomic mass is 9.98. The molecule has 4 heteroatoms. The normalized spacial score (nSPS) is 14.1. The lowest BCUT2D eigenvalue weighted by Gasteiger charge is -2.30. The van der Waals surface area contributed by atoms with Crippen LogP contribution in [0.3, 0.4) is 0 Å². The zero-order valence-electron chi connectivity index (χ0n) is 25.6. The van der Waals surface area contributed by atoms with Crippen LogP contribution in [-0.2, 0) is 4.79 Å². The van der Waals surface area contributed by atoms with Crippen LogP contribution in [0.25, 0.3) is 0 Å². The molecule has 0 bridgehead atoms. The summed E-state index contributed by atoms with van der Waals surface area (Å²) in [5, 5.41) is 2.99. The summed E-state index contributed by atoms with van der Waals surface area (Å²) in [6.45, 7) is 6.23. The summed E-state index contributed by atoms with van der Waals surface area (Å²) < 4.78 is 0. The molecule has 2 rings (SSSR count). The van der Waals surface area contributed by atoms with Crippen LogP contribution >= 0.6 is 0 Å². The van der Waals surface area contributed by atoms with E-state index in [1.807, 2.05) is 29.2 Å². The van der Waals surface area contributed by atoms with E-state index in [0.717, 1.165) is 44.5 Å². The van der Waals surface area contributed by atoms with Crippen LogP contribution in [0, 0.1) is 5.92 Å². The van der Waals surface area contributed by atoms with Crippen LogP contribution in [0.2, 0.25) is 0 Å². The van der Waals surface area contributed by atoms with Gasteiger partial charge in [0.25, 0.3) is 5.91 Å². The SMILES string of the molecule is CCCCCCCCCCCCCCCCCCCCCC(=O)Nc1ccc(C(=O)N2CCC(C)CC2)cc1. The Bertz CT molecular complexity index is 752. The molecule has 1 aliphatic heterocycles. The fourth-order valence-corrected chi connectivity index (χ4v) is 5.68. The van der Waals surface area contributed by atoms with E-state index in [9.17, 15) is 9.59 Å². The van der Waals surface area contributed by atoms with Crippen molar-refractivity contribution in [3.05, 3.63) is 29.8 Å². The van der Waals surface area contributed by atoms with Crippen molar-refractivity contribution < 1.29 is 9.59 Å². The predicted octanol–water partition coefficient (Wildman–Crippen LogP) is 10.3. The monoisotopic (exact) mass is 540 g/mol. The smallest absolute Gasteiger partial charge is 0.253 e. The molecular formula is C35H60N2O2. The van der Waals surface area contributed by atoms with Gasteiger partial charge in [-0.1, -0.05) is 129 Å². The van der Waals surface area contributed by atoms with Gasteiger partial charge in [-0.2, -0.15) is 0 Å². The maximum absolute atomic E-state index is 12.7. The van der Waals surface area contributed by atoms with Crippen molar-refractivity contribution in [2.45, 2.75) is 155 Å². The van der Waals surface area contributed by atoms with Crippen molar-refractivity contribution in [1.82, 2.24) is 4.90 Å². The highest BCUT2D eigenvalue weighted by molar-refractivity contribution is 5.95. The number of hydrogen-bond donors (Lipinski definition) is 1. The minimum absolute atomic E-state index is 0.0751. The van der Waals surface area contributed by atoms with Gasteiger partial charge in [0.05, 0.1) is 0 Å². The topological polar surface area (TPSA) is 49.4 Å². The van der Waals surface area contributed by atoms with Gasteiger partial charge in [0.1, 0.15) is 0 Å². The van der Waals surface area contributed by atoms with Gasteiger partial charge in [-0.05, 0) is 49.4 Å². The van der Waals surface area contributed by atoms with Gasteiger partial charge in [-0.15, -0.1) is 0 Å². The number of nitrogens with zero attached hydrogens (tertiary/aromatic N) is 1. The number of hydrogen-bond acceptors (Lipinski definition) is 2. The van der Waals surface area contributed by atoms with Crippen molar-refractivity contribution >= 4 is 17.5 Å². The molecule has 0 unspecified atom stereocenters. The van der Waals surface area contributed by atoms with Gasteiger partial charge in [-0.25, -0.2) is 0 Å². The van der Waals surface area contributed by atoms with E-state index in [-0.39, 0.29) is 11.8 Å². The van der Waals surface area contributed by atoms with Crippen LogP contribution in [0.4, 0.5) is 5.69 Å². The van der Waals surface area contributed by atoms with E-state index in [4.69, 9.17) is 0 Å². The number of likely N-dealkylation sites (tertiary alicyclic amines) is 1. The molecule has 222 valence electrons. The zero-order chi connectivity index (χ0) is 28.0. The highest BCUT2D eigenvalue weighted by Gasteiger charge is 2.21. The van der Waals surface area contributed by atoms with Crippen molar-refractivity contribution in [2.75, 3.05) is 18.4 Å². The van der Waals surface area contributed by atoms with Crippen molar-refractivity contribution in [3.63, 3.8) is 0 Å². The molecule has 0 aliphatic carbocycles. The van der Waals surface area contributed by atoms with E-state index in [2.05, 4.69) is 19.2 Å². The molecule has 1 heterocycles. The average Bonchev–Trinajstić information content (AvgIpc) is 2.94. The lowest BCUT2D eigenvalue weighted by molar-refractivity contribution is -0.116. The fourth-order valence-electron chi connectivity index (χ4n) is 5.68. The molecular weight excluding hydrogens is 480 g/mol. The summed E-state index contributed by atoms with van der Waals surface area (Å²) in [5.41, 5.74) is 1.49. The molecule has 1 fully saturated rings. The Labute approximate surface area is 241 Å². The Kier molecular flexibility index (Phi) is 18.8. The minimum Gasteiger partial charge on any atom is -0.339 e. The molecule has 1 N–H and O–H groups in total. The first kappa shape index (κ1) is 33.4. The number of rotatable bonds is 22. The molecule has 0 saturated carbocycles. The second-order valence-electron chi connectivity index (χ2n) is 12.2. The molecule has 1 aromatic rings. The number of piperidine rings is 1. The Morgan fingerprint density at radius 3 is 1.51 bits per heavy atom. The summed E-state index contributed by atoms with van der Waals surface area (Å²) in [6.07, 6.45) is 28.6. The molecule has 1 aliphatic rings. The largest absolute Gasteiger partial charge is 0.339 e. The summed E-state index contributed by atoms with van der Waals surface area (Å²) >= 11 is 0. The van der Waals surface area contributed by atoms with Gasteiger partial charge >= 0.3 is 0 Å². The summed E-state index contributed by atoms with van der Waals surface area (Å²) in [6, 6.07) is 7.39. The van der Waals surface area contributed by atoms with E-state index in [1.165, 1.54) is 109 Å². The molecule has 0 aromatic heterocycles. The lowest BCUT2D eigenvalue weighted by Crippen LogP contribution is -2.37. The number of nitrogens with one attached hydrogen (secondary N) is 1. The Morgan fingerprint density at radius 2 is 1.08 bits per heavy atom. The minimum atomic E-state index is 0.0751. The second kappa shape index (κ2) is 21.9. The molecule has 0 atom stereocenters. The van der Waals surface area contributed by atoms with E-state index >= 15 is 0 Å². The van der Waals surface area contributed by atoms with E-state index in [0.29, 0.717) is 17.9 Å². The molecule has 1 saturated heterocycles. The van der Waals surface area contributed by atoms with Gasteiger partial charge in [-0.3, -0.25) is 9.59 Å². The van der Waals surface area contributed by atoms with Gasteiger partial charge in [0.15, 0.2) is 0 Å². The maximum atomic E-state index is 12.7. The third-order valence-corrected chi connectivity index (χ3v) is 8.49. The van der Waals surface area contributed by atoms with Gasteiger partial charge in [0, 0.05) is 30.8 Å². The van der Waals surface area contributed by atoms with E-state index in [1.54, 1.807) is 0 Å². The highest BCUT2D eigenvalue weighted by atomic mass is 16.2. The maximum Gasteiger partial charge on any atom is 0.253 e. The standard InChI is InChI=1S/C35H60N2O2/c1-3-4-5-6-7-8-9-10-11-12-13-14-15-16-17-18-19-20-21-22-34(38)36-33-25-23-32(24-26-33)35(39)37-29-27-31(2)28-30-37/h23-26,31H,3-22,27-30H2,1-2H3,(H,36,38). The quantitative estimate of drug-likeness (QED) is 0.149. The number of carbonyl (C=O) groups excluding carboxylic acids is 2. The fraction of sp³-hybridized carbons (Fsp3) is 0.771. The number of benzene rings is 1. The first-order valence-electron chi connectivity index (χ1n) is 16.8. The van der Waals surface area contributed by atoms with Crippen LogP contribution in [0.1, 0.15) is 165 Å². The highest BCUT2D eigenvalue weighted by Crippen LogP contribution is 2.20. The summed E-state index contributed by atoms with van der Waals surface area (Å²) in [4.78, 5) is 26.9. The molecule has 2 amide bonds. The Balaban J connectivity index is 1.37. The number of unbranched alkanes of at least 4 members (excludes halogenated alkanes) is 18. The van der Waals surface area contributed by atoms with Crippen molar-refractivity contribution in [1.29, 1.82) is 0 Å². The Morgan fingerprint density at radius 1 is 0.667 bits per heavy atom. The number of anilines is 1. The second-order valence-corrected chi connectivity index (χ2v) is 12.2. The average molecular weight is 541 g/mol. The molecule has 39 heavy (non-hydrogen) atoms. The third kappa shape index (κ3) is 16.1. The molecule has 0 spiro atoms. The van der Waals surface area contributed by atoms with Crippen LogP contribution < -0.4 is 5.32 Å². The zero-order valence-corrected chi connectivity index (χ0v) is 25.6. The van der Waals surface area contributed by atoms with Crippen LogP contribution in [0.5, 0.6) is 0 Å². The number of amides is 2. The van der Waals surface area contributed by atoms with E-state index < -0.39 is 0 Å². The first-order valence-corrected chi connectivity index (χ1v) is 16.8.